The largest absolute Gasteiger partial charge is 0.348 e. The van der Waals surface area contributed by atoms with Crippen molar-refractivity contribution in [2.24, 2.45) is 0 Å². The van der Waals surface area contributed by atoms with Crippen LogP contribution in [0, 0.1) is 12.7 Å². The molecule has 0 saturated heterocycles. The van der Waals surface area contributed by atoms with E-state index >= 15 is 0 Å². The van der Waals surface area contributed by atoms with Crippen LogP contribution in [0.15, 0.2) is 66.9 Å². The highest BCUT2D eigenvalue weighted by atomic mass is 19.1. The average Bonchev–Trinajstić information content (AvgIpc) is 3.11. The van der Waals surface area contributed by atoms with Gasteiger partial charge in [-0.2, -0.15) is 0 Å². The number of rotatable bonds is 2. The first-order valence-corrected chi connectivity index (χ1v) is 8.67. The van der Waals surface area contributed by atoms with Gasteiger partial charge in [0.1, 0.15) is 5.82 Å². The third-order valence-electron chi connectivity index (χ3n) is 4.85. The number of hydrogen-bond acceptors (Lipinski definition) is 1. The first-order valence-electron chi connectivity index (χ1n) is 8.67. The highest BCUT2D eigenvalue weighted by molar-refractivity contribution is 5.90. The Bertz CT molecular complexity index is 950. The van der Waals surface area contributed by atoms with Gasteiger partial charge in [-0.25, -0.2) is 9.18 Å². The molecule has 26 heavy (non-hydrogen) atoms. The lowest BCUT2D eigenvalue weighted by Crippen LogP contribution is -2.44. The van der Waals surface area contributed by atoms with Crippen LogP contribution in [-0.4, -0.2) is 22.0 Å². The molecule has 0 fully saturated rings. The van der Waals surface area contributed by atoms with Crippen molar-refractivity contribution in [1.82, 2.24) is 9.47 Å². The maximum atomic E-state index is 13.8. The highest BCUT2D eigenvalue weighted by Crippen LogP contribution is 2.33. The Morgan fingerprint density at radius 3 is 2.73 bits per heavy atom. The molecule has 1 aromatic heterocycles. The molecule has 132 valence electrons. The van der Waals surface area contributed by atoms with Crippen LogP contribution in [0.3, 0.4) is 0 Å². The molecule has 0 bridgehead atoms. The third kappa shape index (κ3) is 2.96. The zero-order valence-electron chi connectivity index (χ0n) is 14.5. The molecule has 3 aromatic rings. The van der Waals surface area contributed by atoms with Gasteiger partial charge in [-0.3, -0.25) is 0 Å². The predicted molar refractivity (Wildman–Crippen MR) is 99.6 cm³/mol. The molecule has 2 aromatic carbocycles. The number of fused-ring (bicyclic) bond motifs is 1. The van der Waals surface area contributed by atoms with Gasteiger partial charge in [0, 0.05) is 30.7 Å². The van der Waals surface area contributed by atoms with Crippen molar-refractivity contribution in [2.75, 3.05) is 11.9 Å². The molecule has 1 N–H and O–H groups in total. The fourth-order valence-electron chi connectivity index (χ4n) is 3.53. The monoisotopic (exact) mass is 349 g/mol. The van der Waals surface area contributed by atoms with Gasteiger partial charge in [0.25, 0.3) is 0 Å². The fourth-order valence-corrected chi connectivity index (χ4v) is 3.53. The normalized spacial score (nSPS) is 16.2. The van der Waals surface area contributed by atoms with Crippen LogP contribution >= 0.6 is 0 Å². The summed E-state index contributed by atoms with van der Waals surface area (Å²) in [6, 6.07) is 17.6. The average molecular weight is 349 g/mol. The van der Waals surface area contributed by atoms with Gasteiger partial charge < -0.3 is 14.8 Å². The molecule has 1 unspecified atom stereocenters. The van der Waals surface area contributed by atoms with E-state index in [9.17, 15) is 9.18 Å². The van der Waals surface area contributed by atoms with Crippen molar-refractivity contribution in [1.29, 1.82) is 0 Å². The van der Waals surface area contributed by atoms with Crippen LogP contribution in [0.5, 0.6) is 0 Å². The Labute approximate surface area is 151 Å². The van der Waals surface area contributed by atoms with Crippen LogP contribution in [0.4, 0.5) is 14.9 Å². The van der Waals surface area contributed by atoms with Crippen LogP contribution in [0.25, 0.3) is 0 Å². The standard InChI is InChI=1S/C21H20FN3O/c1-15-6-2-3-9-18(15)23-21(26)25-13-12-24-11-5-10-19(24)20(25)16-7-4-8-17(22)14-16/h2-11,14,20H,12-13H2,1H3,(H,23,26). The van der Waals surface area contributed by atoms with Crippen LogP contribution in [-0.2, 0) is 6.54 Å². The molecular formula is C21H20FN3O. The van der Waals surface area contributed by atoms with E-state index in [1.54, 1.807) is 11.0 Å². The number of anilines is 1. The van der Waals surface area contributed by atoms with E-state index in [1.807, 2.05) is 55.6 Å². The lowest BCUT2D eigenvalue weighted by atomic mass is 10.00. The van der Waals surface area contributed by atoms with Gasteiger partial charge >= 0.3 is 6.03 Å². The lowest BCUT2D eigenvalue weighted by Gasteiger charge is -2.37. The number of nitrogens with one attached hydrogen (secondary N) is 1. The number of aryl methyl sites for hydroxylation is 1. The van der Waals surface area contributed by atoms with Gasteiger partial charge in [0.05, 0.1) is 6.04 Å². The Kier molecular flexibility index (Phi) is 4.21. The number of urea groups is 1. The van der Waals surface area contributed by atoms with Crippen LogP contribution in [0.1, 0.15) is 22.9 Å². The van der Waals surface area contributed by atoms with Crippen molar-refractivity contribution in [3.05, 3.63) is 89.5 Å². The molecule has 0 radical (unpaired) electrons. The molecule has 0 spiro atoms. The minimum Gasteiger partial charge on any atom is -0.348 e. The Morgan fingerprint density at radius 1 is 1.08 bits per heavy atom. The second-order valence-corrected chi connectivity index (χ2v) is 6.52. The molecule has 4 rings (SSSR count). The smallest absolute Gasteiger partial charge is 0.322 e. The van der Waals surface area contributed by atoms with E-state index < -0.39 is 0 Å². The maximum Gasteiger partial charge on any atom is 0.322 e. The zero-order chi connectivity index (χ0) is 18.1. The molecule has 4 nitrogen and oxygen atoms in total. The summed E-state index contributed by atoms with van der Waals surface area (Å²) in [6.07, 6.45) is 2.00. The van der Waals surface area contributed by atoms with E-state index in [2.05, 4.69) is 9.88 Å². The lowest BCUT2D eigenvalue weighted by molar-refractivity contribution is 0.181. The molecule has 1 aliphatic heterocycles. The minimum atomic E-state index is -0.321. The first kappa shape index (κ1) is 16.4. The highest BCUT2D eigenvalue weighted by Gasteiger charge is 2.32. The summed E-state index contributed by atoms with van der Waals surface area (Å²) in [5.41, 5.74) is 3.55. The number of para-hydroxylation sites is 1. The summed E-state index contributed by atoms with van der Waals surface area (Å²) in [7, 11) is 0. The second kappa shape index (κ2) is 6.67. The van der Waals surface area contributed by atoms with E-state index in [-0.39, 0.29) is 17.9 Å². The zero-order valence-corrected chi connectivity index (χ0v) is 14.5. The van der Waals surface area contributed by atoms with Crippen molar-refractivity contribution in [2.45, 2.75) is 19.5 Å². The number of aromatic nitrogens is 1. The van der Waals surface area contributed by atoms with Gasteiger partial charge in [-0.05, 0) is 48.4 Å². The van der Waals surface area contributed by atoms with Crippen LogP contribution in [0.2, 0.25) is 0 Å². The number of halogens is 1. The Hall–Kier alpha value is -3.08. The van der Waals surface area contributed by atoms with Crippen LogP contribution < -0.4 is 5.32 Å². The van der Waals surface area contributed by atoms with E-state index in [1.165, 1.54) is 12.1 Å². The number of carbonyl (C=O) groups is 1. The second-order valence-electron chi connectivity index (χ2n) is 6.52. The minimum absolute atomic E-state index is 0.180. The first-order chi connectivity index (χ1) is 12.6. The number of benzene rings is 2. The number of nitrogens with zero attached hydrogens (tertiary/aromatic N) is 2. The molecule has 0 saturated carbocycles. The quantitative estimate of drug-likeness (QED) is 0.723. The summed E-state index contributed by atoms with van der Waals surface area (Å²) in [6.45, 7) is 3.23. The Morgan fingerprint density at radius 2 is 1.92 bits per heavy atom. The summed E-state index contributed by atoms with van der Waals surface area (Å²) in [4.78, 5) is 14.8. The summed E-state index contributed by atoms with van der Waals surface area (Å²) < 4.78 is 15.9. The summed E-state index contributed by atoms with van der Waals surface area (Å²) >= 11 is 0. The molecule has 2 amide bonds. The Balaban J connectivity index is 1.70. The molecule has 5 heteroatoms. The third-order valence-corrected chi connectivity index (χ3v) is 4.85. The van der Waals surface area contributed by atoms with E-state index in [0.29, 0.717) is 6.54 Å². The topological polar surface area (TPSA) is 37.3 Å². The molecule has 2 heterocycles. The SMILES string of the molecule is Cc1ccccc1NC(=O)N1CCn2cccc2C1c1cccc(F)c1. The molecular weight excluding hydrogens is 329 g/mol. The summed E-state index contributed by atoms with van der Waals surface area (Å²) in [5.74, 6) is -0.301. The number of carbonyl (C=O) groups excluding carboxylic acids is 1. The predicted octanol–water partition coefficient (Wildman–Crippen LogP) is 4.57. The number of amides is 2. The fraction of sp³-hybridized carbons (Fsp3) is 0.190. The van der Waals surface area contributed by atoms with Gasteiger partial charge in [0.15, 0.2) is 0 Å². The van der Waals surface area contributed by atoms with Crippen molar-refractivity contribution in [3.63, 3.8) is 0 Å². The number of hydrogen-bond donors (Lipinski definition) is 1. The molecule has 1 aliphatic rings. The summed E-state index contributed by atoms with van der Waals surface area (Å²) in [5, 5.41) is 3.00. The molecule has 0 aliphatic carbocycles. The van der Waals surface area contributed by atoms with E-state index in [0.717, 1.165) is 29.1 Å². The van der Waals surface area contributed by atoms with Gasteiger partial charge in [-0.15, -0.1) is 0 Å². The van der Waals surface area contributed by atoms with Gasteiger partial charge in [-0.1, -0.05) is 30.3 Å². The van der Waals surface area contributed by atoms with Gasteiger partial charge in [0.2, 0.25) is 0 Å². The van der Waals surface area contributed by atoms with Crippen molar-refractivity contribution in [3.8, 4) is 0 Å². The van der Waals surface area contributed by atoms with Crippen molar-refractivity contribution >= 4 is 11.7 Å². The molecule has 1 atom stereocenters. The van der Waals surface area contributed by atoms with Crippen molar-refractivity contribution < 1.29 is 9.18 Å². The van der Waals surface area contributed by atoms with E-state index in [4.69, 9.17) is 0 Å². The maximum absolute atomic E-state index is 13.8.